The van der Waals surface area contributed by atoms with Gasteiger partial charge in [0.2, 0.25) is 0 Å². The summed E-state index contributed by atoms with van der Waals surface area (Å²) >= 11 is 1.80. The molecule has 0 saturated heterocycles. The molecule has 15 heavy (non-hydrogen) atoms. The van der Waals surface area contributed by atoms with Crippen molar-refractivity contribution in [2.45, 2.75) is 24.8 Å². The highest BCUT2D eigenvalue weighted by atomic mass is 32.2. The summed E-state index contributed by atoms with van der Waals surface area (Å²) in [5, 5.41) is 0. The topological polar surface area (TPSA) is 35.2 Å². The number of ether oxygens (including phenoxy) is 1. The Morgan fingerprint density at radius 1 is 1.33 bits per heavy atom. The lowest BCUT2D eigenvalue weighted by Gasteiger charge is -2.14. The molecule has 0 fully saturated rings. The Morgan fingerprint density at radius 3 is 2.53 bits per heavy atom. The first-order chi connectivity index (χ1) is 7.26. The average Bonchev–Trinajstić information content (AvgIpc) is 2.26. The minimum Gasteiger partial charge on any atom is -0.376 e. The zero-order chi connectivity index (χ0) is 11.1. The van der Waals surface area contributed by atoms with Crippen molar-refractivity contribution in [3.63, 3.8) is 0 Å². The summed E-state index contributed by atoms with van der Waals surface area (Å²) in [7, 11) is 0. The molecule has 1 rings (SSSR count). The minimum absolute atomic E-state index is 0.168. The summed E-state index contributed by atoms with van der Waals surface area (Å²) in [4.78, 5) is 1.28. The Labute approximate surface area is 96.2 Å². The molecule has 2 N–H and O–H groups in total. The molecule has 0 saturated carbocycles. The molecule has 0 radical (unpaired) electrons. The van der Waals surface area contributed by atoms with Crippen molar-refractivity contribution < 1.29 is 4.74 Å². The lowest BCUT2D eigenvalue weighted by Crippen LogP contribution is -2.26. The van der Waals surface area contributed by atoms with Crippen molar-refractivity contribution in [1.29, 1.82) is 0 Å². The van der Waals surface area contributed by atoms with E-state index in [1.807, 2.05) is 6.92 Å². The van der Waals surface area contributed by atoms with Crippen LogP contribution in [0.1, 0.15) is 12.5 Å². The number of benzene rings is 1. The second kappa shape index (κ2) is 6.88. The zero-order valence-electron chi connectivity index (χ0n) is 9.40. The van der Waals surface area contributed by atoms with E-state index in [4.69, 9.17) is 10.5 Å². The molecule has 0 aliphatic carbocycles. The third-order valence-electron chi connectivity index (χ3n) is 2.12. The molecule has 0 aliphatic heterocycles. The lowest BCUT2D eigenvalue weighted by molar-refractivity contribution is 0.0858. The number of nitrogens with two attached hydrogens (primary N) is 1. The van der Waals surface area contributed by atoms with Gasteiger partial charge in [0, 0.05) is 23.8 Å². The molecular weight excluding hydrogens is 206 g/mol. The highest BCUT2D eigenvalue weighted by molar-refractivity contribution is 7.99. The molecular formula is C12H19NOS. The van der Waals surface area contributed by atoms with Gasteiger partial charge in [0.1, 0.15) is 0 Å². The SMILES string of the molecule is CCOC(CN)CSc1ccc(C)cc1. The van der Waals surface area contributed by atoms with Crippen LogP contribution in [-0.4, -0.2) is 25.0 Å². The fraction of sp³-hybridized carbons (Fsp3) is 0.500. The van der Waals surface area contributed by atoms with Gasteiger partial charge in [-0.3, -0.25) is 0 Å². The number of hydrogen-bond donors (Lipinski definition) is 1. The molecule has 3 heteroatoms. The Morgan fingerprint density at radius 2 is 2.00 bits per heavy atom. The van der Waals surface area contributed by atoms with Gasteiger partial charge in [-0.15, -0.1) is 11.8 Å². The van der Waals surface area contributed by atoms with E-state index in [1.54, 1.807) is 11.8 Å². The fourth-order valence-corrected chi connectivity index (χ4v) is 2.18. The van der Waals surface area contributed by atoms with E-state index in [9.17, 15) is 0 Å². The quantitative estimate of drug-likeness (QED) is 0.755. The van der Waals surface area contributed by atoms with E-state index in [-0.39, 0.29) is 6.10 Å². The normalized spacial score (nSPS) is 12.7. The first-order valence-corrected chi connectivity index (χ1v) is 6.26. The van der Waals surface area contributed by atoms with Crippen molar-refractivity contribution in [3.8, 4) is 0 Å². The second-order valence-electron chi connectivity index (χ2n) is 3.44. The van der Waals surface area contributed by atoms with Crippen LogP contribution in [-0.2, 0) is 4.74 Å². The Balaban J connectivity index is 2.38. The molecule has 0 heterocycles. The van der Waals surface area contributed by atoms with Gasteiger partial charge in [-0.25, -0.2) is 0 Å². The van der Waals surface area contributed by atoms with Crippen molar-refractivity contribution in [2.75, 3.05) is 18.9 Å². The van der Waals surface area contributed by atoms with Crippen LogP contribution in [0, 0.1) is 6.92 Å². The van der Waals surface area contributed by atoms with E-state index in [0.717, 1.165) is 12.4 Å². The van der Waals surface area contributed by atoms with Gasteiger partial charge in [-0.2, -0.15) is 0 Å². The molecule has 1 atom stereocenters. The van der Waals surface area contributed by atoms with Crippen LogP contribution in [0.25, 0.3) is 0 Å². The minimum atomic E-state index is 0.168. The van der Waals surface area contributed by atoms with Crippen molar-refractivity contribution in [3.05, 3.63) is 29.8 Å². The third-order valence-corrected chi connectivity index (χ3v) is 3.27. The Kier molecular flexibility index (Phi) is 5.76. The summed E-state index contributed by atoms with van der Waals surface area (Å²) in [5.74, 6) is 0.924. The largest absolute Gasteiger partial charge is 0.376 e. The van der Waals surface area contributed by atoms with Crippen LogP contribution >= 0.6 is 11.8 Å². The number of thioether (sulfide) groups is 1. The smallest absolute Gasteiger partial charge is 0.0790 e. The molecule has 0 aromatic heterocycles. The molecule has 0 amide bonds. The van der Waals surface area contributed by atoms with Gasteiger partial charge in [-0.05, 0) is 26.0 Å². The molecule has 84 valence electrons. The number of hydrogen-bond acceptors (Lipinski definition) is 3. The van der Waals surface area contributed by atoms with Crippen LogP contribution in [0.3, 0.4) is 0 Å². The molecule has 0 spiro atoms. The standard InChI is InChI=1S/C12H19NOS/c1-3-14-11(8-13)9-15-12-6-4-10(2)5-7-12/h4-7,11H,3,8-9,13H2,1-2H3. The Bertz CT molecular complexity index is 273. The third kappa shape index (κ3) is 4.69. The van der Waals surface area contributed by atoms with Crippen LogP contribution in [0.5, 0.6) is 0 Å². The molecule has 1 aromatic rings. The zero-order valence-corrected chi connectivity index (χ0v) is 10.2. The maximum Gasteiger partial charge on any atom is 0.0790 e. The first kappa shape index (κ1) is 12.6. The van der Waals surface area contributed by atoms with Gasteiger partial charge in [0.05, 0.1) is 6.10 Å². The first-order valence-electron chi connectivity index (χ1n) is 5.27. The predicted octanol–water partition coefficient (Wildman–Crippen LogP) is 2.45. The highest BCUT2D eigenvalue weighted by Gasteiger charge is 2.06. The highest BCUT2D eigenvalue weighted by Crippen LogP contribution is 2.19. The average molecular weight is 225 g/mol. The molecule has 1 unspecified atom stereocenters. The van der Waals surface area contributed by atoms with Crippen molar-refractivity contribution >= 4 is 11.8 Å². The van der Waals surface area contributed by atoms with Crippen LogP contribution in [0.4, 0.5) is 0 Å². The summed E-state index contributed by atoms with van der Waals surface area (Å²) in [5.41, 5.74) is 6.90. The van der Waals surface area contributed by atoms with Crippen molar-refractivity contribution in [1.82, 2.24) is 0 Å². The van der Waals surface area contributed by atoms with E-state index in [0.29, 0.717) is 6.54 Å². The number of rotatable bonds is 6. The van der Waals surface area contributed by atoms with E-state index in [1.165, 1.54) is 10.5 Å². The van der Waals surface area contributed by atoms with Gasteiger partial charge >= 0.3 is 0 Å². The fourth-order valence-electron chi connectivity index (χ4n) is 1.24. The Hall–Kier alpha value is -0.510. The van der Waals surface area contributed by atoms with E-state index in [2.05, 4.69) is 31.2 Å². The molecule has 1 aromatic carbocycles. The van der Waals surface area contributed by atoms with Crippen LogP contribution in [0.2, 0.25) is 0 Å². The maximum atomic E-state index is 5.61. The van der Waals surface area contributed by atoms with Crippen molar-refractivity contribution in [2.24, 2.45) is 5.73 Å². The van der Waals surface area contributed by atoms with Crippen LogP contribution < -0.4 is 5.73 Å². The maximum absolute atomic E-state index is 5.61. The number of aryl methyl sites for hydroxylation is 1. The monoisotopic (exact) mass is 225 g/mol. The lowest BCUT2D eigenvalue weighted by atomic mass is 10.2. The summed E-state index contributed by atoms with van der Waals surface area (Å²) in [6.07, 6.45) is 0.168. The van der Waals surface area contributed by atoms with E-state index < -0.39 is 0 Å². The van der Waals surface area contributed by atoms with Crippen LogP contribution in [0.15, 0.2) is 29.2 Å². The van der Waals surface area contributed by atoms with Gasteiger partial charge < -0.3 is 10.5 Å². The summed E-state index contributed by atoms with van der Waals surface area (Å²) in [6.45, 7) is 5.42. The summed E-state index contributed by atoms with van der Waals surface area (Å²) < 4.78 is 5.49. The van der Waals surface area contributed by atoms with Gasteiger partial charge in [0.15, 0.2) is 0 Å². The molecule has 2 nitrogen and oxygen atoms in total. The van der Waals surface area contributed by atoms with E-state index >= 15 is 0 Å². The predicted molar refractivity (Wildman–Crippen MR) is 66.4 cm³/mol. The second-order valence-corrected chi connectivity index (χ2v) is 4.53. The molecule has 0 aliphatic rings. The molecule has 0 bridgehead atoms. The summed E-state index contributed by atoms with van der Waals surface area (Å²) in [6, 6.07) is 8.53. The van der Waals surface area contributed by atoms with Gasteiger partial charge in [-0.1, -0.05) is 17.7 Å². The van der Waals surface area contributed by atoms with Gasteiger partial charge in [0.25, 0.3) is 0 Å².